The van der Waals surface area contributed by atoms with Crippen LogP contribution in [0, 0.1) is 0 Å². The van der Waals surface area contributed by atoms with Gasteiger partial charge in [0.1, 0.15) is 5.75 Å². The van der Waals surface area contributed by atoms with E-state index in [9.17, 15) is 4.79 Å². The van der Waals surface area contributed by atoms with Gasteiger partial charge in [-0.3, -0.25) is 0 Å². The number of hydrogen-bond donors (Lipinski definition) is 1. The number of amides is 1. The molecular formula is C12H16ClNO3. The lowest BCUT2D eigenvalue weighted by Gasteiger charge is -2.07. The van der Waals surface area contributed by atoms with Crippen molar-refractivity contribution < 1.29 is 14.3 Å². The maximum atomic E-state index is 11.0. The minimum absolute atomic E-state index is 0.375. The molecular weight excluding hydrogens is 242 g/mol. The third-order valence-electron chi connectivity index (χ3n) is 2.17. The number of halogens is 1. The normalized spacial score (nSPS) is 9.82. The molecule has 0 aromatic heterocycles. The highest BCUT2D eigenvalue weighted by molar-refractivity contribution is 6.32. The standard InChI is InChI=1S/C12H16ClNO3/c1-3-17-12(15)14-7-6-9-4-5-11(16-2)10(13)8-9/h4-5,8H,3,6-7H2,1-2H3,(H,14,15). The molecule has 0 aliphatic carbocycles. The maximum Gasteiger partial charge on any atom is 0.407 e. The van der Waals surface area contributed by atoms with Crippen LogP contribution in [-0.2, 0) is 11.2 Å². The highest BCUT2D eigenvalue weighted by Crippen LogP contribution is 2.24. The van der Waals surface area contributed by atoms with Gasteiger partial charge in [0, 0.05) is 6.54 Å². The largest absolute Gasteiger partial charge is 0.495 e. The Labute approximate surface area is 106 Å². The highest BCUT2D eigenvalue weighted by atomic mass is 35.5. The first kappa shape index (κ1) is 13.6. The second-order valence-corrected chi connectivity index (χ2v) is 3.77. The van der Waals surface area contributed by atoms with Crippen molar-refractivity contribution in [2.45, 2.75) is 13.3 Å². The second kappa shape index (κ2) is 7.01. The summed E-state index contributed by atoms with van der Waals surface area (Å²) in [7, 11) is 1.57. The van der Waals surface area contributed by atoms with Gasteiger partial charge in [-0.2, -0.15) is 0 Å². The zero-order valence-electron chi connectivity index (χ0n) is 9.96. The Morgan fingerprint density at radius 1 is 1.47 bits per heavy atom. The lowest BCUT2D eigenvalue weighted by Crippen LogP contribution is -2.26. The van der Waals surface area contributed by atoms with E-state index in [1.54, 1.807) is 14.0 Å². The van der Waals surface area contributed by atoms with Gasteiger partial charge in [-0.15, -0.1) is 0 Å². The van der Waals surface area contributed by atoms with E-state index in [4.69, 9.17) is 21.1 Å². The number of hydrogen-bond acceptors (Lipinski definition) is 3. The highest BCUT2D eigenvalue weighted by Gasteiger charge is 2.03. The lowest BCUT2D eigenvalue weighted by molar-refractivity contribution is 0.152. The first-order valence-corrected chi connectivity index (χ1v) is 5.78. The summed E-state index contributed by atoms with van der Waals surface area (Å²) < 4.78 is 9.80. The molecule has 1 rings (SSSR count). The van der Waals surface area contributed by atoms with Crippen molar-refractivity contribution in [3.05, 3.63) is 28.8 Å². The molecule has 0 spiro atoms. The number of alkyl carbamates (subject to hydrolysis) is 1. The molecule has 0 aliphatic heterocycles. The topological polar surface area (TPSA) is 47.6 Å². The van der Waals surface area contributed by atoms with Crippen molar-refractivity contribution in [2.24, 2.45) is 0 Å². The van der Waals surface area contributed by atoms with Gasteiger partial charge in [-0.05, 0) is 31.0 Å². The molecule has 0 bridgehead atoms. The summed E-state index contributed by atoms with van der Waals surface area (Å²) in [5.74, 6) is 0.647. The number of nitrogens with one attached hydrogen (secondary N) is 1. The molecule has 0 fully saturated rings. The van der Waals surface area contributed by atoms with E-state index in [-0.39, 0.29) is 0 Å². The van der Waals surface area contributed by atoms with Crippen molar-refractivity contribution in [1.29, 1.82) is 0 Å². The second-order valence-electron chi connectivity index (χ2n) is 3.37. The molecule has 0 unspecified atom stereocenters. The van der Waals surface area contributed by atoms with E-state index >= 15 is 0 Å². The van der Waals surface area contributed by atoms with Crippen molar-refractivity contribution in [1.82, 2.24) is 5.32 Å². The summed E-state index contributed by atoms with van der Waals surface area (Å²) in [5, 5.41) is 3.22. The minimum atomic E-state index is -0.396. The molecule has 17 heavy (non-hydrogen) atoms. The molecule has 4 nitrogen and oxygen atoms in total. The van der Waals surface area contributed by atoms with E-state index in [1.807, 2.05) is 18.2 Å². The Kier molecular flexibility index (Phi) is 5.63. The van der Waals surface area contributed by atoms with Gasteiger partial charge in [0.05, 0.1) is 18.7 Å². The number of rotatable bonds is 5. The Morgan fingerprint density at radius 2 is 2.24 bits per heavy atom. The maximum absolute atomic E-state index is 11.0. The van der Waals surface area contributed by atoms with E-state index in [1.165, 1.54) is 0 Å². The van der Waals surface area contributed by atoms with Gasteiger partial charge in [-0.1, -0.05) is 17.7 Å². The van der Waals surface area contributed by atoms with Gasteiger partial charge in [0.15, 0.2) is 0 Å². The van der Waals surface area contributed by atoms with Crippen LogP contribution < -0.4 is 10.1 Å². The number of ether oxygens (including phenoxy) is 2. The van der Waals surface area contributed by atoms with Gasteiger partial charge >= 0.3 is 6.09 Å². The van der Waals surface area contributed by atoms with Crippen molar-refractivity contribution in [2.75, 3.05) is 20.3 Å². The van der Waals surface area contributed by atoms with E-state index in [0.717, 1.165) is 5.56 Å². The zero-order chi connectivity index (χ0) is 12.7. The van der Waals surface area contributed by atoms with Crippen molar-refractivity contribution in [3.8, 4) is 5.75 Å². The fourth-order valence-corrected chi connectivity index (χ4v) is 1.64. The molecule has 1 aromatic rings. The summed E-state index contributed by atoms with van der Waals surface area (Å²) in [6, 6.07) is 5.55. The van der Waals surface area contributed by atoms with Gasteiger partial charge < -0.3 is 14.8 Å². The quantitative estimate of drug-likeness (QED) is 0.882. The summed E-state index contributed by atoms with van der Waals surface area (Å²) in [5.41, 5.74) is 1.03. The zero-order valence-corrected chi connectivity index (χ0v) is 10.7. The predicted molar refractivity (Wildman–Crippen MR) is 66.7 cm³/mol. The number of methoxy groups -OCH3 is 1. The van der Waals surface area contributed by atoms with Crippen LogP contribution in [0.1, 0.15) is 12.5 Å². The van der Waals surface area contributed by atoms with Crippen molar-refractivity contribution >= 4 is 17.7 Å². The molecule has 94 valence electrons. The van der Waals surface area contributed by atoms with Crippen LogP contribution in [0.3, 0.4) is 0 Å². The van der Waals surface area contributed by atoms with Crippen LogP contribution in [-0.4, -0.2) is 26.4 Å². The average molecular weight is 258 g/mol. The number of benzene rings is 1. The Morgan fingerprint density at radius 3 is 2.82 bits per heavy atom. The van der Waals surface area contributed by atoms with Crippen molar-refractivity contribution in [3.63, 3.8) is 0 Å². The summed E-state index contributed by atoms with van der Waals surface area (Å²) in [4.78, 5) is 11.0. The first-order valence-electron chi connectivity index (χ1n) is 5.40. The summed E-state index contributed by atoms with van der Waals surface area (Å²) in [6.45, 7) is 2.66. The summed E-state index contributed by atoms with van der Waals surface area (Å²) >= 11 is 5.98. The molecule has 0 heterocycles. The molecule has 1 N–H and O–H groups in total. The number of carbonyl (C=O) groups is 1. The SMILES string of the molecule is CCOC(=O)NCCc1ccc(OC)c(Cl)c1. The molecule has 5 heteroatoms. The smallest absolute Gasteiger partial charge is 0.407 e. The summed E-state index contributed by atoms with van der Waals surface area (Å²) in [6.07, 6.45) is 0.301. The molecule has 0 saturated heterocycles. The van der Waals surface area contributed by atoms with Gasteiger partial charge in [0.25, 0.3) is 0 Å². The lowest BCUT2D eigenvalue weighted by atomic mass is 10.1. The molecule has 0 radical (unpaired) electrons. The minimum Gasteiger partial charge on any atom is -0.495 e. The van der Waals surface area contributed by atoms with E-state index in [0.29, 0.717) is 30.3 Å². The Hall–Kier alpha value is -1.42. The third-order valence-corrected chi connectivity index (χ3v) is 2.47. The van der Waals surface area contributed by atoms with Gasteiger partial charge in [-0.25, -0.2) is 4.79 Å². The van der Waals surface area contributed by atoms with Crippen LogP contribution in [0.5, 0.6) is 5.75 Å². The monoisotopic (exact) mass is 257 g/mol. The fourth-order valence-electron chi connectivity index (χ4n) is 1.36. The predicted octanol–water partition coefficient (Wildman–Crippen LogP) is 2.64. The van der Waals surface area contributed by atoms with Crippen LogP contribution in [0.2, 0.25) is 5.02 Å². The molecule has 0 atom stereocenters. The average Bonchev–Trinajstić information content (AvgIpc) is 2.29. The number of carbonyl (C=O) groups excluding carboxylic acids is 1. The fraction of sp³-hybridized carbons (Fsp3) is 0.417. The van der Waals surface area contributed by atoms with Crippen LogP contribution in [0.4, 0.5) is 4.79 Å². The van der Waals surface area contributed by atoms with Gasteiger partial charge in [0.2, 0.25) is 0 Å². The van der Waals surface area contributed by atoms with Crippen LogP contribution in [0.15, 0.2) is 18.2 Å². The first-order chi connectivity index (χ1) is 8.17. The van der Waals surface area contributed by atoms with Crippen LogP contribution >= 0.6 is 11.6 Å². The molecule has 1 aromatic carbocycles. The third kappa shape index (κ3) is 4.53. The molecule has 0 saturated carbocycles. The molecule has 0 aliphatic rings. The molecule has 1 amide bonds. The van der Waals surface area contributed by atoms with Crippen LogP contribution in [0.25, 0.3) is 0 Å². The Balaban J connectivity index is 2.42. The van der Waals surface area contributed by atoms with E-state index in [2.05, 4.69) is 5.32 Å². The Bertz CT molecular complexity index is 382. The van der Waals surface area contributed by atoms with E-state index < -0.39 is 6.09 Å².